The third-order valence-electron chi connectivity index (χ3n) is 6.03. The van der Waals surface area contributed by atoms with Gasteiger partial charge in [0.1, 0.15) is 0 Å². The van der Waals surface area contributed by atoms with Crippen molar-refractivity contribution >= 4 is 16.6 Å². The Morgan fingerprint density at radius 3 is 2.65 bits per heavy atom. The van der Waals surface area contributed by atoms with Crippen LogP contribution in [0.3, 0.4) is 0 Å². The molecule has 1 aliphatic heterocycles. The molecule has 0 saturated heterocycles. The Balaban J connectivity index is 1.70. The lowest BCUT2D eigenvalue weighted by Gasteiger charge is -2.38. The van der Waals surface area contributed by atoms with Crippen molar-refractivity contribution in [2.45, 2.75) is 51.0 Å². The first kappa shape index (κ1) is 15.7. The van der Waals surface area contributed by atoms with Gasteiger partial charge in [0, 0.05) is 22.7 Å². The van der Waals surface area contributed by atoms with Crippen molar-refractivity contribution in [2.75, 3.05) is 0 Å². The van der Waals surface area contributed by atoms with Gasteiger partial charge in [-0.3, -0.25) is 9.98 Å². The van der Waals surface area contributed by atoms with Crippen LogP contribution in [0.25, 0.3) is 10.9 Å². The van der Waals surface area contributed by atoms with Crippen LogP contribution in [0.1, 0.15) is 54.4 Å². The van der Waals surface area contributed by atoms with Crippen molar-refractivity contribution in [1.29, 1.82) is 0 Å². The number of benzene rings is 2. The van der Waals surface area contributed by atoms with Crippen LogP contribution in [0, 0.1) is 6.92 Å². The van der Waals surface area contributed by atoms with E-state index >= 15 is 0 Å². The number of hydrogen-bond acceptors (Lipinski definition) is 2. The SMILES string of the molecule is Cc1ccc2c(c1)CC1(CCCCC1)N=C2c1cnc2ccccc2c1. The van der Waals surface area contributed by atoms with Crippen LogP contribution in [0.2, 0.25) is 0 Å². The quantitative estimate of drug-likeness (QED) is 0.563. The molecule has 1 fully saturated rings. The lowest BCUT2D eigenvalue weighted by molar-refractivity contribution is 0.294. The van der Waals surface area contributed by atoms with Crippen molar-refractivity contribution in [3.8, 4) is 0 Å². The second kappa shape index (κ2) is 6.05. The lowest BCUT2D eigenvalue weighted by atomic mass is 9.74. The highest BCUT2D eigenvalue weighted by atomic mass is 14.9. The highest BCUT2D eigenvalue weighted by Gasteiger charge is 2.36. The van der Waals surface area contributed by atoms with Gasteiger partial charge in [-0.1, -0.05) is 61.2 Å². The molecule has 0 bridgehead atoms. The summed E-state index contributed by atoms with van der Waals surface area (Å²) in [5, 5.41) is 1.18. The Labute approximate surface area is 155 Å². The Hall–Kier alpha value is -2.48. The summed E-state index contributed by atoms with van der Waals surface area (Å²) in [6, 6.07) is 17.4. The van der Waals surface area contributed by atoms with Gasteiger partial charge in [0.05, 0.1) is 16.8 Å². The van der Waals surface area contributed by atoms with Gasteiger partial charge in [-0.25, -0.2) is 0 Å². The zero-order valence-electron chi connectivity index (χ0n) is 15.3. The van der Waals surface area contributed by atoms with Crippen LogP contribution in [0.15, 0.2) is 59.7 Å². The molecule has 26 heavy (non-hydrogen) atoms. The van der Waals surface area contributed by atoms with Gasteiger partial charge in [0.2, 0.25) is 0 Å². The predicted octanol–water partition coefficient (Wildman–Crippen LogP) is 5.64. The molecular weight excluding hydrogens is 316 g/mol. The summed E-state index contributed by atoms with van der Waals surface area (Å²) in [6.07, 6.45) is 9.48. The number of para-hydroxylation sites is 1. The van der Waals surface area contributed by atoms with Crippen LogP contribution in [-0.2, 0) is 6.42 Å². The van der Waals surface area contributed by atoms with E-state index < -0.39 is 0 Å². The fourth-order valence-electron chi connectivity index (χ4n) is 4.71. The molecule has 0 radical (unpaired) electrons. The molecule has 0 N–H and O–H groups in total. The zero-order chi connectivity index (χ0) is 17.6. The van der Waals surface area contributed by atoms with Crippen molar-refractivity contribution < 1.29 is 0 Å². The second-order valence-electron chi connectivity index (χ2n) is 8.00. The highest BCUT2D eigenvalue weighted by Crippen LogP contribution is 2.40. The van der Waals surface area contributed by atoms with E-state index in [9.17, 15) is 0 Å². The summed E-state index contributed by atoms with van der Waals surface area (Å²) < 4.78 is 0. The van der Waals surface area contributed by atoms with Gasteiger partial charge in [0.15, 0.2) is 0 Å². The topological polar surface area (TPSA) is 25.2 Å². The molecule has 1 saturated carbocycles. The summed E-state index contributed by atoms with van der Waals surface area (Å²) in [7, 11) is 0. The summed E-state index contributed by atoms with van der Waals surface area (Å²) in [5.41, 5.74) is 7.54. The van der Waals surface area contributed by atoms with Crippen LogP contribution < -0.4 is 0 Å². The molecule has 2 heteroatoms. The van der Waals surface area contributed by atoms with Crippen LogP contribution in [0.5, 0.6) is 0 Å². The molecule has 2 aromatic carbocycles. The van der Waals surface area contributed by atoms with Gasteiger partial charge < -0.3 is 0 Å². The lowest BCUT2D eigenvalue weighted by Crippen LogP contribution is -2.37. The van der Waals surface area contributed by atoms with Crippen LogP contribution >= 0.6 is 0 Å². The Bertz CT molecular complexity index is 1010. The minimum Gasteiger partial charge on any atom is -0.277 e. The zero-order valence-corrected chi connectivity index (χ0v) is 15.3. The molecular formula is C24H24N2. The monoisotopic (exact) mass is 340 g/mol. The predicted molar refractivity (Wildman–Crippen MR) is 108 cm³/mol. The largest absolute Gasteiger partial charge is 0.277 e. The van der Waals surface area contributed by atoms with E-state index in [1.54, 1.807) is 0 Å². The van der Waals surface area contributed by atoms with Crippen LogP contribution in [0.4, 0.5) is 0 Å². The maximum atomic E-state index is 5.40. The van der Waals surface area contributed by atoms with Crippen molar-refractivity contribution in [3.05, 3.63) is 77.0 Å². The molecule has 1 aliphatic carbocycles. The first-order valence-electron chi connectivity index (χ1n) is 9.77. The Morgan fingerprint density at radius 1 is 0.923 bits per heavy atom. The normalized spacial score (nSPS) is 18.6. The molecule has 3 aromatic rings. The van der Waals surface area contributed by atoms with Gasteiger partial charge in [-0.15, -0.1) is 0 Å². The first-order chi connectivity index (χ1) is 12.7. The van der Waals surface area contributed by atoms with E-state index in [4.69, 9.17) is 9.98 Å². The van der Waals surface area contributed by atoms with Crippen molar-refractivity contribution in [2.24, 2.45) is 4.99 Å². The molecule has 5 rings (SSSR count). The fraction of sp³-hybridized carbons (Fsp3) is 0.333. The molecule has 1 aromatic heterocycles. The number of nitrogens with zero attached hydrogens (tertiary/aromatic N) is 2. The third-order valence-corrected chi connectivity index (χ3v) is 6.03. The van der Waals surface area contributed by atoms with E-state index in [0.717, 1.165) is 23.2 Å². The van der Waals surface area contributed by atoms with Gasteiger partial charge in [-0.05, 0) is 43.9 Å². The molecule has 2 nitrogen and oxygen atoms in total. The van der Waals surface area contributed by atoms with E-state index in [0.29, 0.717) is 0 Å². The summed E-state index contributed by atoms with van der Waals surface area (Å²) in [6.45, 7) is 2.19. The molecule has 2 aliphatic rings. The van der Waals surface area contributed by atoms with Crippen LogP contribution in [-0.4, -0.2) is 16.2 Å². The standard InChI is InChI=1S/C24H24N2/c1-17-9-10-21-19(13-17)15-24(11-5-2-6-12-24)26-23(21)20-14-18-7-3-4-8-22(18)25-16-20/h3-4,7-10,13-14,16H,2,5-6,11-12,15H2,1H3. The van der Waals surface area contributed by atoms with Gasteiger partial charge in [-0.2, -0.15) is 0 Å². The molecule has 2 heterocycles. The first-order valence-corrected chi connectivity index (χ1v) is 9.77. The van der Waals surface area contributed by atoms with E-state index in [1.807, 2.05) is 12.3 Å². The fourth-order valence-corrected chi connectivity index (χ4v) is 4.71. The van der Waals surface area contributed by atoms with Gasteiger partial charge in [0.25, 0.3) is 0 Å². The minimum absolute atomic E-state index is 0.0972. The summed E-state index contributed by atoms with van der Waals surface area (Å²) >= 11 is 0. The summed E-state index contributed by atoms with van der Waals surface area (Å²) in [4.78, 5) is 10.1. The Morgan fingerprint density at radius 2 is 1.77 bits per heavy atom. The maximum absolute atomic E-state index is 5.40. The smallest absolute Gasteiger partial charge is 0.0744 e. The number of aromatic nitrogens is 1. The van der Waals surface area contributed by atoms with E-state index in [-0.39, 0.29) is 5.54 Å². The summed E-state index contributed by atoms with van der Waals surface area (Å²) in [5.74, 6) is 0. The number of rotatable bonds is 1. The van der Waals surface area contributed by atoms with Gasteiger partial charge >= 0.3 is 0 Å². The average molecular weight is 340 g/mol. The Kier molecular flexibility index (Phi) is 3.66. The number of pyridine rings is 1. The number of aliphatic imine (C=N–C) groups is 1. The third kappa shape index (κ3) is 2.65. The molecule has 0 unspecified atom stereocenters. The highest BCUT2D eigenvalue weighted by molar-refractivity contribution is 6.15. The number of hydrogen-bond donors (Lipinski definition) is 0. The van der Waals surface area contributed by atoms with E-state index in [2.05, 4.69) is 49.4 Å². The maximum Gasteiger partial charge on any atom is 0.0744 e. The minimum atomic E-state index is 0.0972. The average Bonchev–Trinajstić information content (AvgIpc) is 2.67. The number of fused-ring (bicyclic) bond motifs is 2. The van der Waals surface area contributed by atoms with Crippen molar-refractivity contribution in [1.82, 2.24) is 4.98 Å². The molecule has 0 atom stereocenters. The van der Waals surface area contributed by atoms with Crippen molar-refractivity contribution in [3.63, 3.8) is 0 Å². The second-order valence-corrected chi connectivity index (χ2v) is 8.00. The molecule has 0 amide bonds. The molecule has 1 spiro atoms. The van der Waals surface area contributed by atoms with E-state index in [1.165, 1.54) is 54.2 Å². The molecule has 130 valence electrons. The number of aryl methyl sites for hydroxylation is 1.